The molecule has 1 atom stereocenters. The Hall–Kier alpha value is -0.870. The summed E-state index contributed by atoms with van der Waals surface area (Å²) in [6, 6.07) is 0. The molecule has 3 rings (SSSR count). The van der Waals surface area contributed by atoms with Gasteiger partial charge in [-0.1, -0.05) is 6.42 Å². The van der Waals surface area contributed by atoms with Gasteiger partial charge in [0.05, 0.1) is 18.0 Å². The zero-order chi connectivity index (χ0) is 13.9. The number of nitrogens with zero attached hydrogens (tertiary/aromatic N) is 3. The van der Waals surface area contributed by atoms with Crippen LogP contribution in [0.15, 0.2) is 6.20 Å². The second kappa shape index (κ2) is 6.27. The minimum atomic E-state index is 0.448. The van der Waals surface area contributed by atoms with Gasteiger partial charge in [-0.05, 0) is 44.1 Å². The van der Waals surface area contributed by atoms with E-state index in [2.05, 4.69) is 24.0 Å². The molecule has 2 aliphatic rings. The molecule has 0 amide bonds. The van der Waals surface area contributed by atoms with Gasteiger partial charge < -0.3 is 4.74 Å². The Bertz CT molecular complexity index is 413. The van der Waals surface area contributed by atoms with Gasteiger partial charge in [0.15, 0.2) is 0 Å². The molecule has 0 radical (unpaired) electrons. The predicted molar refractivity (Wildman–Crippen MR) is 79.5 cm³/mol. The van der Waals surface area contributed by atoms with Gasteiger partial charge in [0, 0.05) is 33.3 Å². The lowest BCUT2D eigenvalue weighted by Crippen LogP contribution is -2.38. The Kier molecular flexibility index (Phi) is 4.41. The Morgan fingerprint density at radius 3 is 2.70 bits per heavy atom. The standard InChI is InChI=1S/C16H27N3O/c1-13-9-17-18(2)16(13)12-19(10-14-5-3-6-14)11-15-7-4-8-20-15/h9,14-15H,3-8,10-12H2,1-2H3/t15-/m1/s1. The molecule has 1 saturated heterocycles. The molecule has 0 N–H and O–H groups in total. The Morgan fingerprint density at radius 1 is 1.30 bits per heavy atom. The first-order chi connectivity index (χ1) is 9.72. The summed E-state index contributed by atoms with van der Waals surface area (Å²) in [4.78, 5) is 2.60. The third-order valence-electron chi connectivity index (χ3n) is 4.87. The third-order valence-corrected chi connectivity index (χ3v) is 4.87. The molecule has 1 aromatic rings. The van der Waals surface area contributed by atoms with Crippen LogP contribution in [0.1, 0.15) is 43.4 Å². The molecular weight excluding hydrogens is 250 g/mol. The zero-order valence-corrected chi connectivity index (χ0v) is 12.8. The number of rotatable bonds is 6. The van der Waals surface area contributed by atoms with Crippen molar-refractivity contribution in [3.63, 3.8) is 0 Å². The maximum Gasteiger partial charge on any atom is 0.0702 e. The van der Waals surface area contributed by atoms with Crippen molar-refractivity contribution in [1.82, 2.24) is 14.7 Å². The van der Waals surface area contributed by atoms with Crippen molar-refractivity contribution in [2.75, 3.05) is 19.7 Å². The Morgan fingerprint density at radius 2 is 2.15 bits per heavy atom. The van der Waals surface area contributed by atoms with E-state index in [0.29, 0.717) is 6.10 Å². The van der Waals surface area contributed by atoms with E-state index in [9.17, 15) is 0 Å². The van der Waals surface area contributed by atoms with E-state index >= 15 is 0 Å². The molecule has 20 heavy (non-hydrogen) atoms. The van der Waals surface area contributed by atoms with Gasteiger partial charge in [-0.3, -0.25) is 9.58 Å². The molecule has 0 aromatic carbocycles. The highest BCUT2D eigenvalue weighted by Crippen LogP contribution is 2.28. The highest BCUT2D eigenvalue weighted by atomic mass is 16.5. The van der Waals surface area contributed by atoms with Gasteiger partial charge >= 0.3 is 0 Å². The fourth-order valence-corrected chi connectivity index (χ4v) is 3.33. The first-order valence-electron chi connectivity index (χ1n) is 8.04. The van der Waals surface area contributed by atoms with Crippen molar-refractivity contribution < 1.29 is 4.74 Å². The molecule has 0 bridgehead atoms. The van der Waals surface area contributed by atoms with Gasteiger partial charge in [0.1, 0.15) is 0 Å². The number of hydrogen-bond donors (Lipinski definition) is 0. The van der Waals surface area contributed by atoms with Crippen LogP contribution in [0, 0.1) is 12.8 Å². The van der Waals surface area contributed by atoms with Crippen LogP contribution in [0.2, 0.25) is 0 Å². The smallest absolute Gasteiger partial charge is 0.0702 e. The normalized spacial score (nSPS) is 23.4. The topological polar surface area (TPSA) is 30.3 Å². The molecule has 1 aliphatic heterocycles. The molecule has 1 aliphatic carbocycles. The monoisotopic (exact) mass is 277 g/mol. The van der Waals surface area contributed by atoms with Crippen molar-refractivity contribution in [3.8, 4) is 0 Å². The summed E-state index contributed by atoms with van der Waals surface area (Å²) in [5.41, 5.74) is 2.65. The van der Waals surface area contributed by atoms with E-state index in [1.165, 1.54) is 49.9 Å². The zero-order valence-electron chi connectivity index (χ0n) is 12.8. The molecule has 4 heteroatoms. The molecule has 4 nitrogen and oxygen atoms in total. The molecule has 2 fully saturated rings. The fourth-order valence-electron chi connectivity index (χ4n) is 3.33. The lowest BCUT2D eigenvalue weighted by molar-refractivity contribution is 0.0570. The maximum absolute atomic E-state index is 5.83. The Balaban J connectivity index is 1.63. The van der Waals surface area contributed by atoms with Crippen LogP contribution in [-0.4, -0.2) is 40.5 Å². The molecule has 2 heterocycles. The van der Waals surface area contributed by atoms with Gasteiger partial charge in [0.2, 0.25) is 0 Å². The van der Waals surface area contributed by atoms with Gasteiger partial charge in [0.25, 0.3) is 0 Å². The fraction of sp³-hybridized carbons (Fsp3) is 0.812. The summed E-state index contributed by atoms with van der Waals surface area (Å²) in [6.07, 6.45) is 9.12. The molecule has 1 saturated carbocycles. The minimum absolute atomic E-state index is 0.448. The first kappa shape index (κ1) is 14.1. The number of aromatic nitrogens is 2. The average Bonchev–Trinajstić information content (AvgIpc) is 2.98. The summed E-state index contributed by atoms with van der Waals surface area (Å²) in [5.74, 6) is 0.907. The highest BCUT2D eigenvalue weighted by Gasteiger charge is 2.25. The number of ether oxygens (including phenoxy) is 1. The SMILES string of the molecule is Cc1cnn(C)c1CN(CC1CCC1)C[C@H]1CCCO1. The molecule has 0 spiro atoms. The highest BCUT2D eigenvalue weighted by molar-refractivity contribution is 5.15. The van der Waals surface area contributed by atoms with Gasteiger partial charge in [-0.15, -0.1) is 0 Å². The largest absolute Gasteiger partial charge is 0.377 e. The number of hydrogen-bond acceptors (Lipinski definition) is 3. The van der Waals surface area contributed by atoms with Crippen molar-refractivity contribution in [2.45, 2.75) is 51.7 Å². The molecule has 1 aromatic heterocycles. The summed E-state index contributed by atoms with van der Waals surface area (Å²) in [5, 5.41) is 4.37. The first-order valence-corrected chi connectivity index (χ1v) is 8.04. The van der Waals surface area contributed by atoms with Crippen LogP contribution in [0.5, 0.6) is 0 Å². The summed E-state index contributed by atoms with van der Waals surface area (Å²) in [6.45, 7) is 6.44. The van der Waals surface area contributed by atoms with Crippen LogP contribution in [0.25, 0.3) is 0 Å². The maximum atomic E-state index is 5.83. The van der Waals surface area contributed by atoms with E-state index in [-0.39, 0.29) is 0 Å². The van der Waals surface area contributed by atoms with Crippen LogP contribution in [0.3, 0.4) is 0 Å². The van der Waals surface area contributed by atoms with E-state index in [1.54, 1.807) is 0 Å². The van der Waals surface area contributed by atoms with E-state index in [4.69, 9.17) is 4.74 Å². The van der Waals surface area contributed by atoms with Crippen molar-refractivity contribution in [1.29, 1.82) is 0 Å². The number of aryl methyl sites for hydroxylation is 2. The van der Waals surface area contributed by atoms with Crippen LogP contribution in [-0.2, 0) is 18.3 Å². The molecular formula is C16H27N3O. The predicted octanol–water partition coefficient (Wildman–Crippen LogP) is 2.51. The second-order valence-electron chi connectivity index (χ2n) is 6.52. The summed E-state index contributed by atoms with van der Waals surface area (Å²) >= 11 is 0. The summed E-state index contributed by atoms with van der Waals surface area (Å²) in [7, 11) is 2.05. The lowest BCUT2D eigenvalue weighted by Gasteiger charge is -2.33. The minimum Gasteiger partial charge on any atom is -0.377 e. The van der Waals surface area contributed by atoms with E-state index < -0.39 is 0 Å². The summed E-state index contributed by atoms with van der Waals surface area (Å²) < 4.78 is 7.86. The van der Waals surface area contributed by atoms with E-state index in [1.807, 2.05) is 10.9 Å². The quantitative estimate of drug-likeness (QED) is 0.800. The molecule has 0 unspecified atom stereocenters. The Labute approximate surface area is 122 Å². The van der Waals surface area contributed by atoms with Crippen LogP contribution in [0.4, 0.5) is 0 Å². The lowest BCUT2D eigenvalue weighted by atomic mass is 9.85. The molecule has 112 valence electrons. The second-order valence-corrected chi connectivity index (χ2v) is 6.52. The van der Waals surface area contributed by atoms with Gasteiger partial charge in [-0.2, -0.15) is 5.10 Å². The average molecular weight is 277 g/mol. The van der Waals surface area contributed by atoms with Crippen molar-refractivity contribution in [3.05, 3.63) is 17.5 Å². The van der Waals surface area contributed by atoms with Crippen molar-refractivity contribution >= 4 is 0 Å². The van der Waals surface area contributed by atoms with Crippen LogP contribution < -0.4 is 0 Å². The van der Waals surface area contributed by atoms with Crippen LogP contribution >= 0.6 is 0 Å². The van der Waals surface area contributed by atoms with Crippen molar-refractivity contribution in [2.24, 2.45) is 13.0 Å². The van der Waals surface area contributed by atoms with E-state index in [0.717, 1.165) is 25.6 Å². The third kappa shape index (κ3) is 3.23. The van der Waals surface area contributed by atoms with Gasteiger partial charge in [-0.25, -0.2) is 0 Å².